The van der Waals surface area contributed by atoms with E-state index < -0.39 is 11.6 Å². The summed E-state index contributed by atoms with van der Waals surface area (Å²) in [7, 11) is 0. The first-order valence-corrected chi connectivity index (χ1v) is 9.72. The number of hydrogen-bond donors (Lipinski definition) is 1. The highest BCUT2D eigenvalue weighted by molar-refractivity contribution is 5.84. The lowest BCUT2D eigenvalue weighted by Crippen LogP contribution is -2.37. The Bertz CT molecular complexity index is 1270. The van der Waals surface area contributed by atoms with E-state index in [1.165, 1.54) is 4.68 Å². The van der Waals surface area contributed by atoms with Crippen molar-refractivity contribution in [3.05, 3.63) is 75.7 Å². The fourth-order valence-electron chi connectivity index (χ4n) is 3.50. The van der Waals surface area contributed by atoms with E-state index in [9.17, 15) is 9.59 Å². The molecular weight excluding hydrogens is 382 g/mol. The number of rotatable bonds is 5. The first-order valence-electron chi connectivity index (χ1n) is 9.72. The highest BCUT2D eigenvalue weighted by Gasteiger charge is 2.23. The molecule has 30 heavy (non-hydrogen) atoms. The number of nitrogens with one attached hydrogen (secondary N) is 1. The molecule has 8 nitrogen and oxygen atoms in total. The number of aryl methyl sites for hydroxylation is 3. The summed E-state index contributed by atoms with van der Waals surface area (Å²) in [6.45, 7) is 7.63. The van der Waals surface area contributed by atoms with E-state index in [-0.39, 0.29) is 12.5 Å². The standard InChI is InChI=1S/C22H23N5O3/c1-13-7-9-17(10-8-13)26-15(3)19-14(2)24-27(22(29)20(19)25-26)16(4)21(28)23-12-18-6-5-11-30-18/h5-11,16H,12H2,1-4H3,(H,23,28)/t16-/m0/s1. The smallest absolute Gasteiger partial charge is 0.295 e. The molecule has 0 bridgehead atoms. The lowest BCUT2D eigenvalue weighted by atomic mass is 10.2. The van der Waals surface area contributed by atoms with E-state index >= 15 is 0 Å². The molecule has 0 fully saturated rings. The molecule has 154 valence electrons. The SMILES string of the molecule is Cc1ccc(-n2nc3c(=O)n([C@@H](C)C(=O)NCc4ccco4)nc(C)c3c2C)cc1. The molecule has 1 atom stereocenters. The Kier molecular flexibility index (Phi) is 4.99. The molecular formula is C22H23N5O3. The summed E-state index contributed by atoms with van der Waals surface area (Å²) in [6, 6.07) is 10.6. The summed E-state index contributed by atoms with van der Waals surface area (Å²) >= 11 is 0. The van der Waals surface area contributed by atoms with Crippen LogP contribution in [0.3, 0.4) is 0 Å². The third-order valence-electron chi connectivity index (χ3n) is 5.19. The number of carbonyl (C=O) groups excluding carboxylic acids is 1. The summed E-state index contributed by atoms with van der Waals surface area (Å²) in [5.41, 5.74) is 3.38. The lowest BCUT2D eigenvalue weighted by molar-refractivity contribution is -0.124. The fraction of sp³-hybridized carbons (Fsp3) is 0.273. The number of nitrogens with zero attached hydrogens (tertiary/aromatic N) is 4. The maximum Gasteiger partial charge on any atom is 0.295 e. The van der Waals surface area contributed by atoms with Crippen LogP contribution in [0.15, 0.2) is 51.9 Å². The molecule has 3 aromatic heterocycles. The van der Waals surface area contributed by atoms with Crippen molar-refractivity contribution in [2.24, 2.45) is 0 Å². The van der Waals surface area contributed by atoms with Gasteiger partial charge in [-0.2, -0.15) is 10.2 Å². The maximum atomic E-state index is 13.1. The number of fused-ring (bicyclic) bond motifs is 1. The minimum Gasteiger partial charge on any atom is -0.467 e. The average Bonchev–Trinajstić information content (AvgIpc) is 3.37. The zero-order valence-electron chi connectivity index (χ0n) is 17.3. The largest absolute Gasteiger partial charge is 0.467 e. The van der Waals surface area contributed by atoms with Gasteiger partial charge < -0.3 is 9.73 Å². The van der Waals surface area contributed by atoms with Crippen molar-refractivity contribution >= 4 is 16.8 Å². The number of aromatic nitrogens is 4. The van der Waals surface area contributed by atoms with Gasteiger partial charge in [0.25, 0.3) is 5.56 Å². The van der Waals surface area contributed by atoms with Crippen LogP contribution in [-0.4, -0.2) is 25.5 Å². The Balaban J connectivity index is 1.71. The second kappa shape index (κ2) is 7.62. The van der Waals surface area contributed by atoms with Gasteiger partial charge >= 0.3 is 0 Å². The Morgan fingerprint density at radius 2 is 1.87 bits per heavy atom. The summed E-state index contributed by atoms with van der Waals surface area (Å²) < 4.78 is 8.16. The van der Waals surface area contributed by atoms with Crippen LogP contribution < -0.4 is 10.9 Å². The third-order valence-corrected chi connectivity index (χ3v) is 5.19. The van der Waals surface area contributed by atoms with Crippen LogP contribution in [0, 0.1) is 20.8 Å². The zero-order valence-corrected chi connectivity index (χ0v) is 17.3. The van der Waals surface area contributed by atoms with Crippen LogP contribution in [0.1, 0.15) is 35.7 Å². The normalized spacial score (nSPS) is 12.3. The van der Waals surface area contributed by atoms with E-state index in [0.717, 1.165) is 16.9 Å². The Morgan fingerprint density at radius 3 is 2.53 bits per heavy atom. The van der Waals surface area contributed by atoms with E-state index in [1.54, 1.807) is 30.0 Å². The molecule has 4 rings (SSSR count). The fourth-order valence-corrected chi connectivity index (χ4v) is 3.50. The van der Waals surface area contributed by atoms with E-state index in [4.69, 9.17) is 4.42 Å². The molecule has 8 heteroatoms. The predicted molar refractivity (Wildman–Crippen MR) is 113 cm³/mol. The van der Waals surface area contributed by atoms with Gasteiger partial charge in [0.1, 0.15) is 11.8 Å². The molecule has 3 heterocycles. The second-order valence-corrected chi connectivity index (χ2v) is 7.36. The van der Waals surface area contributed by atoms with Gasteiger partial charge in [-0.3, -0.25) is 9.59 Å². The van der Waals surface area contributed by atoms with Crippen molar-refractivity contribution in [2.45, 2.75) is 40.3 Å². The second-order valence-electron chi connectivity index (χ2n) is 7.36. The van der Waals surface area contributed by atoms with Crippen LogP contribution in [-0.2, 0) is 11.3 Å². The van der Waals surface area contributed by atoms with Crippen molar-refractivity contribution in [3.8, 4) is 5.69 Å². The van der Waals surface area contributed by atoms with Gasteiger partial charge in [0.15, 0.2) is 5.52 Å². The van der Waals surface area contributed by atoms with E-state index in [2.05, 4.69) is 15.5 Å². The van der Waals surface area contributed by atoms with Gasteiger partial charge in [0.2, 0.25) is 5.91 Å². The van der Waals surface area contributed by atoms with Crippen molar-refractivity contribution in [1.82, 2.24) is 24.9 Å². The van der Waals surface area contributed by atoms with E-state index in [0.29, 0.717) is 22.4 Å². The molecule has 0 radical (unpaired) electrons. The van der Waals surface area contributed by atoms with Crippen molar-refractivity contribution in [1.29, 1.82) is 0 Å². The highest BCUT2D eigenvalue weighted by Crippen LogP contribution is 2.22. The van der Waals surface area contributed by atoms with Gasteiger partial charge in [-0.15, -0.1) is 0 Å². The van der Waals surface area contributed by atoms with Gasteiger partial charge in [-0.05, 0) is 52.0 Å². The molecule has 0 aliphatic rings. The first kappa shape index (κ1) is 19.6. The minimum atomic E-state index is -0.791. The first-order chi connectivity index (χ1) is 14.4. The number of hydrogen-bond acceptors (Lipinski definition) is 5. The average molecular weight is 405 g/mol. The number of carbonyl (C=O) groups is 1. The Morgan fingerprint density at radius 1 is 1.13 bits per heavy atom. The van der Waals surface area contributed by atoms with E-state index in [1.807, 2.05) is 45.0 Å². The summed E-state index contributed by atoms with van der Waals surface area (Å²) in [5.74, 6) is 0.310. The topological polar surface area (TPSA) is 95.0 Å². The molecule has 0 saturated heterocycles. The molecule has 1 N–H and O–H groups in total. The summed E-state index contributed by atoms with van der Waals surface area (Å²) in [5, 5.41) is 12.4. The van der Waals surface area contributed by atoms with Crippen molar-refractivity contribution in [3.63, 3.8) is 0 Å². The molecule has 1 amide bonds. The van der Waals surface area contributed by atoms with Crippen LogP contribution in [0.25, 0.3) is 16.6 Å². The number of benzene rings is 1. The maximum absolute atomic E-state index is 13.1. The van der Waals surface area contributed by atoms with Crippen LogP contribution >= 0.6 is 0 Å². The van der Waals surface area contributed by atoms with Crippen molar-refractivity contribution < 1.29 is 9.21 Å². The third kappa shape index (κ3) is 3.41. The molecule has 0 aliphatic carbocycles. The number of amides is 1. The van der Waals surface area contributed by atoms with Crippen molar-refractivity contribution in [2.75, 3.05) is 0 Å². The quantitative estimate of drug-likeness (QED) is 0.551. The molecule has 0 aliphatic heterocycles. The molecule has 0 spiro atoms. The van der Waals surface area contributed by atoms with Crippen LogP contribution in [0.5, 0.6) is 0 Å². The van der Waals surface area contributed by atoms with Gasteiger partial charge in [-0.1, -0.05) is 17.7 Å². The molecule has 1 aromatic carbocycles. The van der Waals surface area contributed by atoms with Gasteiger partial charge in [-0.25, -0.2) is 9.36 Å². The minimum absolute atomic E-state index is 0.243. The number of furan rings is 1. The monoisotopic (exact) mass is 405 g/mol. The molecule has 0 unspecified atom stereocenters. The zero-order chi connectivity index (χ0) is 21.4. The van der Waals surface area contributed by atoms with Crippen LogP contribution in [0.4, 0.5) is 0 Å². The van der Waals surface area contributed by atoms with Gasteiger partial charge in [0.05, 0.1) is 35.3 Å². The predicted octanol–water partition coefficient (Wildman–Crippen LogP) is 2.98. The lowest BCUT2D eigenvalue weighted by Gasteiger charge is -2.14. The molecule has 4 aromatic rings. The van der Waals surface area contributed by atoms with Crippen LogP contribution in [0.2, 0.25) is 0 Å². The Labute approximate surface area is 173 Å². The van der Waals surface area contributed by atoms with Gasteiger partial charge in [0, 0.05) is 0 Å². The summed E-state index contributed by atoms with van der Waals surface area (Å²) in [6.07, 6.45) is 1.54. The highest BCUT2D eigenvalue weighted by atomic mass is 16.3. The Hall–Kier alpha value is -3.68. The molecule has 0 saturated carbocycles. The summed E-state index contributed by atoms with van der Waals surface area (Å²) in [4.78, 5) is 25.7.